The number of benzene rings is 13. The van der Waals surface area contributed by atoms with Crippen molar-refractivity contribution < 1.29 is 0 Å². The molecule has 2 aliphatic rings. The summed E-state index contributed by atoms with van der Waals surface area (Å²) in [5.41, 5.74) is 32.8. The minimum atomic E-state index is -0.599. The molecule has 0 aliphatic heterocycles. The standard InChI is InChI=1S/C98H88N2/c1-5-7-9-11-13-25-59-97(60-26-14-12-10-8-6-2)89-64-74(71-42-40-70(41-43-71)69-38-35-67(3)36-39-69)44-54-81(89)82-55-45-75(65-90(82)97)76-46-56-84-83-53-37-68(4)61-91(83)98(92(84)66-76,77-27-17-15-18-28-77)78-49-51-80(52-50-78)100-94-34-24-22-32-86(94)88-63-73(48-58-96(88)100)72-47-57-95-87(62-72)85-31-21-23-33-93(85)99(95)79-29-19-16-20-30-79/h15-24,27-58,61-66H,5-14,25-26,59-60H2,1-4H3. The van der Waals surface area contributed by atoms with Crippen molar-refractivity contribution in [2.45, 2.75) is 128 Å². The maximum absolute atomic E-state index is 2.67. The van der Waals surface area contributed by atoms with Crippen LogP contribution < -0.4 is 0 Å². The van der Waals surface area contributed by atoms with Crippen molar-refractivity contribution in [3.63, 3.8) is 0 Å². The normalized spacial score (nSPS) is 14.3. The molecular formula is C98H88N2. The van der Waals surface area contributed by atoms with Gasteiger partial charge in [-0.15, -0.1) is 0 Å². The van der Waals surface area contributed by atoms with E-state index >= 15 is 0 Å². The number of hydrogen-bond acceptors (Lipinski definition) is 0. The molecule has 100 heavy (non-hydrogen) atoms. The van der Waals surface area contributed by atoms with Crippen LogP contribution in [0.4, 0.5) is 0 Å². The quantitative estimate of drug-likeness (QED) is 0.0599. The van der Waals surface area contributed by atoms with Crippen LogP contribution in [0, 0.1) is 13.8 Å². The van der Waals surface area contributed by atoms with Crippen molar-refractivity contribution in [2.75, 3.05) is 0 Å². The zero-order valence-corrected chi connectivity index (χ0v) is 58.5. The maximum atomic E-state index is 2.67. The van der Waals surface area contributed by atoms with Crippen molar-refractivity contribution in [1.82, 2.24) is 9.13 Å². The van der Waals surface area contributed by atoms with Crippen molar-refractivity contribution in [3.8, 4) is 78.1 Å². The predicted octanol–water partition coefficient (Wildman–Crippen LogP) is 27.3. The summed E-state index contributed by atoms with van der Waals surface area (Å²) < 4.78 is 4.88. The van der Waals surface area contributed by atoms with Crippen molar-refractivity contribution in [2.24, 2.45) is 0 Å². The first-order valence-electron chi connectivity index (χ1n) is 37.3. The molecule has 0 amide bonds. The monoisotopic (exact) mass is 1290 g/mol. The fourth-order valence-corrected chi connectivity index (χ4v) is 17.9. The Bertz CT molecular complexity index is 5490. The topological polar surface area (TPSA) is 9.86 Å². The van der Waals surface area contributed by atoms with Gasteiger partial charge in [-0.3, -0.25) is 0 Å². The molecule has 1 unspecified atom stereocenters. The summed E-state index contributed by atoms with van der Waals surface area (Å²) in [4.78, 5) is 0. The van der Waals surface area contributed by atoms with Gasteiger partial charge >= 0.3 is 0 Å². The molecule has 1 atom stereocenters. The van der Waals surface area contributed by atoms with Crippen LogP contribution in [0.2, 0.25) is 0 Å². The van der Waals surface area contributed by atoms with E-state index < -0.39 is 5.41 Å². The fraction of sp³-hybridized carbons (Fsp3) is 0.204. The highest BCUT2D eigenvalue weighted by Crippen LogP contribution is 2.59. The van der Waals surface area contributed by atoms with E-state index in [-0.39, 0.29) is 5.41 Å². The molecule has 2 heterocycles. The molecule has 0 saturated heterocycles. The van der Waals surface area contributed by atoms with E-state index in [1.807, 2.05) is 0 Å². The summed E-state index contributed by atoms with van der Waals surface area (Å²) in [6, 6.07) is 112. The molecule has 2 heteroatoms. The third-order valence-electron chi connectivity index (χ3n) is 23.0. The number of fused-ring (bicyclic) bond motifs is 12. The summed E-state index contributed by atoms with van der Waals surface area (Å²) in [5.74, 6) is 0. The average Bonchev–Trinajstić information content (AvgIpc) is 1.52. The Kier molecular flexibility index (Phi) is 16.7. The molecular weight excluding hydrogens is 1210 g/mol. The zero-order valence-electron chi connectivity index (χ0n) is 58.5. The number of para-hydroxylation sites is 3. The third-order valence-corrected chi connectivity index (χ3v) is 23.0. The Morgan fingerprint density at radius 2 is 0.600 bits per heavy atom. The Hall–Kier alpha value is -10.5. The van der Waals surface area contributed by atoms with Crippen LogP contribution in [-0.2, 0) is 10.8 Å². The maximum Gasteiger partial charge on any atom is 0.0713 e. The summed E-state index contributed by atoms with van der Waals surface area (Å²) in [6.07, 6.45) is 17.8. The highest BCUT2D eigenvalue weighted by atomic mass is 15.0. The van der Waals surface area contributed by atoms with Gasteiger partial charge < -0.3 is 9.13 Å². The van der Waals surface area contributed by atoms with Crippen molar-refractivity contribution >= 4 is 43.6 Å². The van der Waals surface area contributed by atoms with Gasteiger partial charge in [0.15, 0.2) is 0 Å². The molecule has 0 radical (unpaired) electrons. The Balaban J connectivity index is 0.770. The van der Waals surface area contributed by atoms with E-state index in [1.54, 1.807) is 0 Å². The molecule has 2 aromatic heterocycles. The third kappa shape index (κ3) is 10.9. The van der Waals surface area contributed by atoms with Gasteiger partial charge in [-0.2, -0.15) is 0 Å². The lowest BCUT2D eigenvalue weighted by Gasteiger charge is -2.34. The van der Waals surface area contributed by atoms with E-state index in [2.05, 4.69) is 328 Å². The molecule has 0 saturated carbocycles. The summed E-state index contributed by atoms with van der Waals surface area (Å²) in [6.45, 7) is 9.10. The van der Waals surface area contributed by atoms with E-state index in [4.69, 9.17) is 0 Å². The Morgan fingerprint density at radius 1 is 0.250 bits per heavy atom. The van der Waals surface area contributed by atoms with Gasteiger partial charge in [-0.25, -0.2) is 0 Å². The molecule has 0 bridgehead atoms. The first kappa shape index (κ1) is 62.9. The van der Waals surface area contributed by atoms with E-state index in [9.17, 15) is 0 Å². The second-order valence-electron chi connectivity index (χ2n) is 29.1. The van der Waals surface area contributed by atoms with Crippen molar-refractivity contribution in [1.29, 1.82) is 0 Å². The summed E-state index contributed by atoms with van der Waals surface area (Å²) in [7, 11) is 0. The first-order chi connectivity index (χ1) is 49.3. The average molecular weight is 1290 g/mol. The van der Waals surface area contributed by atoms with Crippen molar-refractivity contribution in [3.05, 3.63) is 336 Å². The number of hydrogen-bond donors (Lipinski definition) is 0. The highest BCUT2D eigenvalue weighted by Gasteiger charge is 2.47. The second kappa shape index (κ2) is 26.6. The van der Waals surface area contributed by atoms with E-state index in [0.717, 1.165) is 18.5 Å². The van der Waals surface area contributed by atoms with E-state index in [0.29, 0.717) is 0 Å². The lowest BCUT2D eigenvalue weighted by atomic mass is 9.67. The van der Waals surface area contributed by atoms with Crippen LogP contribution in [0.25, 0.3) is 122 Å². The minimum Gasteiger partial charge on any atom is -0.309 e. The van der Waals surface area contributed by atoms with Gasteiger partial charge in [0.05, 0.1) is 27.5 Å². The van der Waals surface area contributed by atoms with E-state index in [1.165, 1.54) is 238 Å². The second-order valence-corrected chi connectivity index (χ2v) is 29.1. The molecule has 0 fully saturated rings. The molecule has 15 aromatic rings. The summed E-state index contributed by atoms with van der Waals surface area (Å²) >= 11 is 0. The van der Waals surface area contributed by atoms with Gasteiger partial charge in [-0.1, -0.05) is 314 Å². The molecule has 17 rings (SSSR count). The van der Waals surface area contributed by atoms with Gasteiger partial charge in [-0.05, 0) is 206 Å². The van der Waals surface area contributed by atoms with Crippen LogP contribution in [-0.4, -0.2) is 9.13 Å². The van der Waals surface area contributed by atoms with Gasteiger partial charge in [0, 0.05) is 38.3 Å². The van der Waals surface area contributed by atoms with Gasteiger partial charge in [0.1, 0.15) is 0 Å². The predicted molar refractivity (Wildman–Crippen MR) is 426 cm³/mol. The van der Waals surface area contributed by atoms with Crippen LogP contribution >= 0.6 is 0 Å². The van der Waals surface area contributed by atoms with Crippen LogP contribution in [0.5, 0.6) is 0 Å². The Labute approximate surface area is 591 Å². The van der Waals surface area contributed by atoms with Crippen LogP contribution in [0.15, 0.2) is 291 Å². The van der Waals surface area contributed by atoms with Gasteiger partial charge in [0.2, 0.25) is 0 Å². The molecule has 13 aromatic carbocycles. The Morgan fingerprint density at radius 3 is 1.13 bits per heavy atom. The molecule has 2 aliphatic carbocycles. The first-order valence-corrected chi connectivity index (χ1v) is 37.3. The number of nitrogens with zero attached hydrogens (tertiary/aromatic N) is 2. The zero-order chi connectivity index (χ0) is 67.3. The fourth-order valence-electron chi connectivity index (χ4n) is 17.9. The number of unbranched alkanes of at least 4 members (excludes halogenated alkanes) is 10. The van der Waals surface area contributed by atoms with Gasteiger partial charge in [0.25, 0.3) is 0 Å². The highest BCUT2D eigenvalue weighted by molar-refractivity contribution is 6.13. The van der Waals surface area contributed by atoms with Crippen LogP contribution in [0.1, 0.15) is 148 Å². The smallest absolute Gasteiger partial charge is 0.0713 e. The minimum absolute atomic E-state index is 0.103. The molecule has 490 valence electrons. The number of aromatic nitrogens is 2. The lowest BCUT2D eigenvalue weighted by Crippen LogP contribution is -2.28. The lowest BCUT2D eigenvalue weighted by molar-refractivity contribution is 0.398. The molecule has 2 nitrogen and oxygen atoms in total. The number of rotatable bonds is 22. The molecule has 0 N–H and O–H groups in total. The largest absolute Gasteiger partial charge is 0.309 e. The van der Waals surface area contributed by atoms with Crippen LogP contribution in [0.3, 0.4) is 0 Å². The summed E-state index contributed by atoms with van der Waals surface area (Å²) in [5, 5.41) is 5.00. The number of aryl methyl sites for hydroxylation is 2. The molecule has 0 spiro atoms. The SMILES string of the molecule is CCCCCCCCC1(CCCCCCCC)c2cc(-c3ccc(-c4ccc(C)cc4)cc3)ccc2-c2ccc(-c3ccc4c(c3)C(c3ccccc3)(c3ccc(-n5c6ccccc6c6cc(-c7ccc8c(c7)c7ccccc7n8-c7ccccc7)ccc65)cc3)c3cc(C)ccc3-4)cc21.